The van der Waals surface area contributed by atoms with Gasteiger partial charge in [-0.1, -0.05) is 42.5 Å². The molecule has 0 amide bonds. The van der Waals surface area contributed by atoms with Crippen LogP contribution in [0.15, 0.2) is 54.6 Å². The van der Waals surface area contributed by atoms with Gasteiger partial charge in [-0.25, -0.2) is 0 Å². The lowest BCUT2D eigenvalue weighted by atomic mass is 9.91. The van der Waals surface area contributed by atoms with Crippen molar-refractivity contribution in [3.05, 3.63) is 86.0 Å². The maximum Gasteiger partial charge on any atom is 0.269 e. The molecule has 0 bridgehead atoms. The molecular formula is C16H14N2O5. The summed E-state index contributed by atoms with van der Waals surface area (Å²) in [7, 11) is 0. The summed E-state index contributed by atoms with van der Waals surface area (Å²) in [6.07, 6.45) is -0.0772. The molecule has 0 spiro atoms. The van der Waals surface area contributed by atoms with E-state index < -0.39 is 22.3 Å². The SMILES string of the molecule is O=C(C[C@@H](C[N+](=O)[O-])c1cccc([N+](=O)[O-])c1)c1ccccc1. The van der Waals surface area contributed by atoms with Crippen molar-refractivity contribution < 1.29 is 14.6 Å². The number of benzene rings is 2. The lowest BCUT2D eigenvalue weighted by Crippen LogP contribution is -2.17. The van der Waals surface area contributed by atoms with E-state index in [4.69, 9.17) is 0 Å². The number of carbonyl (C=O) groups is 1. The number of nitro benzene ring substituents is 1. The molecule has 2 rings (SSSR count). The molecule has 0 saturated heterocycles. The van der Waals surface area contributed by atoms with Crippen LogP contribution in [0.4, 0.5) is 5.69 Å². The van der Waals surface area contributed by atoms with Crippen molar-refractivity contribution in [3.8, 4) is 0 Å². The Morgan fingerprint density at radius 3 is 2.30 bits per heavy atom. The zero-order valence-electron chi connectivity index (χ0n) is 12.1. The maximum absolute atomic E-state index is 12.3. The molecule has 2 aromatic carbocycles. The van der Waals surface area contributed by atoms with Crippen LogP contribution in [0.25, 0.3) is 0 Å². The van der Waals surface area contributed by atoms with Gasteiger partial charge in [-0.15, -0.1) is 0 Å². The fourth-order valence-electron chi connectivity index (χ4n) is 2.33. The maximum atomic E-state index is 12.3. The molecule has 0 fully saturated rings. The van der Waals surface area contributed by atoms with Gasteiger partial charge in [0.25, 0.3) is 5.69 Å². The Bertz CT molecular complexity index is 730. The Hall–Kier alpha value is -3.09. The molecule has 0 aliphatic rings. The summed E-state index contributed by atoms with van der Waals surface area (Å²) < 4.78 is 0. The summed E-state index contributed by atoms with van der Waals surface area (Å²) in [5.41, 5.74) is 0.731. The molecule has 7 heteroatoms. The largest absolute Gasteiger partial charge is 0.294 e. The second-order valence-corrected chi connectivity index (χ2v) is 5.06. The summed E-state index contributed by atoms with van der Waals surface area (Å²) in [6, 6.07) is 14.1. The van der Waals surface area contributed by atoms with Gasteiger partial charge in [-0.05, 0) is 5.56 Å². The Labute approximate surface area is 131 Å². The van der Waals surface area contributed by atoms with E-state index in [2.05, 4.69) is 0 Å². The smallest absolute Gasteiger partial charge is 0.269 e. The first-order valence-electron chi connectivity index (χ1n) is 6.92. The van der Waals surface area contributed by atoms with Gasteiger partial charge in [0.1, 0.15) is 0 Å². The second-order valence-electron chi connectivity index (χ2n) is 5.06. The zero-order valence-corrected chi connectivity index (χ0v) is 12.1. The van der Waals surface area contributed by atoms with Crippen molar-refractivity contribution in [2.24, 2.45) is 0 Å². The molecule has 0 heterocycles. The number of carbonyl (C=O) groups excluding carboxylic acids is 1. The number of hydrogen-bond acceptors (Lipinski definition) is 5. The van der Waals surface area contributed by atoms with Crippen LogP contribution in [0, 0.1) is 20.2 Å². The summed E-state index contributed by atoms with van der Waals surface area (Å²) in [4.78, 5) is 32.9. The van der Waals surface area contributed by atoms with E-state index in [0.29, 0.717) is 11.1 Å². The quantitative estimate of drug-likeness (QED) is 0.443. The molecule has 0 saturated carbocycles. The van der Waals surface area contributed by atoms with Crippen molar-refractivity contribution in [2.45, 2.75) is 12.3 Å². The summed E-state index contributed by atoms with van der Waals surface area (Å²) in [5, 5.41) is 21.7. The predicted molar refractivity (Wildman–Crippen MR) is 83.1 cm³/mol. The van der Waals surface area contributed by atoms with Gasteiger partial charge in [0.15, 0.2) is 5.78 Å². The molecular weight excluding hydrogens is 300 g/mol. The highest BCUT2D eigenvalue weighted by atomic mass is 16.6. The van der Waals surface area contributed by atoms with E-state index in [1.165, 1.54) is 18.2 Å². The highest BCUT2D eigenvalue weighted by Gasteiger charge is 2.23. The van der Waals surface area contributed by atoms with Crippen molar-refractivity contribution in [1.82, 2.24) is 0 Å². The first-order chi connectivity index (χ1) is 11.0. The van der Waals surface area contributed by atoms with Crippen LogP contribution < -0.4 is 0 Å². The number of nitrogens with zero attached hydrogens (tertiary/aromatic N) is 2. The minimum Gasteiger partial charge on any atom is -0.294 e. The molecule has 2 aromatic rings. The van der Waals surface area contributed by atoms with Crippen molar-refractivity contribution in [2.75, 3.05) is 6.54 Å². The molecule has 0 aromatic heterocycles. The number of ketones is 1. The molecule has 118 valence electrons. The van der Waals surface area contributed by atoms with Crippen LogP contribution in [-0.2, 0) is 0 Å². The average Bonchev–Trinajstić information content (AvgIpc) is 2.54. The fourth-order valence-corrected chi connectivity index (χ4v) is 2.33. The molecule has 1 atom stereocenters. The summed E-state index contributed by atoms with van der Waals surface area (Å²) >= 11 is 0. The van der Waals surface area contributed by atoms with Crippen LogP contribution in [0.3, 0.4) is 0 Å². The first-order valence-corrected chi connectivity index (χ1v) is 6.92. The number of rotatable bonds is 7. The lowest BCUT2D eigenvalue weighted by molar-refractivity contribution is -0.483. The van der Waals surface area contributed by atoms with E-state index >= 15 is 0 Å². The van der Waals surface area contributed by atoms with Gasteiger partial charge >= 0.3 is 0 Å². The Kier molecular flexibility index (Phi) is 5.14. The fraction of sp³-hybridized carbons (Fsp3) is 0.188. The Morgan fingerprint density at radius 2 is 1.70 bits per heavy atom. The number of Topliss-reactive ketones (excluding diaryl/α,β-unsaturated/α-hetero) is 1. The third-order valence-corrected chi connectivity index (χ3v) is 3.45. The van der Waals surface area contributed by atoms with Crippen molar-refractivity contribution in [3.63, 3.8) is 0 Å². The molecule has 0 aliphatic heterocycles. The highest BCUT2D eigenvalue weighted by Crippen LogP contribution is 2.25. The van der Waals surface area contributed by atoms with Crippen LogP contribution in [0.2, 0.25) is 0 Å². The first kappa shape index (κ1) is 16.3. The normalized spacial score (nSPS) is 11.7. The van der Waals surface area contributed by atoms with Gasteiger partial charge in [-0.3, -0.25) is 25.0 Å². The van der Waals surface area contributed by atoms with E-state index in [9.17, 15) is 25.0 Å². The minimum absolute atomic E-state index is 0.0772. The molecule has 23 heavy (non-hydrogen) atoms. The van der Waals surface area contributed by atoms with Gasteiger partial charge in [0, 0.05) is 29.0 Å². The minimum atomic E-state index is -0.711. The lowest BCUT2D eigenvalue weighted by Gasteiger charge is -2.12. The topological polar surface area (TPSA) is 103 Å². The van der Waals surface area contributed by atoms with E-state index in [0.717, 1.165) is 0 Å². The van der Waals surface area contributed by atoms with Crippen molar-refractivity contribution >= 4 is 11.5 Å². The van der Waals surface area contributed by atoms with E-state index in [1.54, 1.807) is 36.4 Å². The Morgan fingerprint density at radius 1 is 1.00 bits per heavy atom. The second kappa shape index (κ2) is 7.26. The van der Waals surface area contributed by atoms with Crippen LogP contribution in [0.1, 0.15) is 28.3 Å². The zero-order chi connectivity index (χ0) is 16.8. The van der Waals surface area contributed by atoms with Gasteiger partial charge < -0.3 is 0 Å². The summed E-state index contributed by atoms with van der Waals surface area (Å²) in [5.74, 6) is -0.943. The average molecular weight is 314 g/mol. The molecule has 0 aliphatic carbocycles. The van der Waals surface area contributed by atoms with Crippen molar-refractivity contribution in [1.29, 1.82) is 0 Å². The number of nitro groups is 2. The van der Waals surface area contributed by atoms with E-state index in [-0.39, 0.29) is 17.9 Å². The Balaban J connectivity index is 2.27. The number of hydrogen-bond donors (Lipinski definition) is 0. The molecule has 0 N–H and O–H groups in total. The predicted octanol–water partition coefficient (Wildman–Crippen LogP) is 3.23. The molecule has 0 radical (unpaired) electrons. The standard InChI is InChI=1S/C16H14N2O5/c19-16(12-5-2-1-3-6-12)10-14(11-17(20)21)13-7-4-8-15(9-13)18(22)23/h1-9,14H,10-11H2/t14-/m0/s1. The van der Waals surface area contributed by atoms with Crippen LogP contribution in [-0.4, -0.2) is 22.2 Å². The van der Waals surface area contributed by atoms with E-state index in [1.807, 2.05) is 0 Å². The third-order valence-electron chi connectivity index (χ3n) is 3.45. The number of non-ortho nitro benzene ring substituents is 1. The van der Waals surface area contributed by atoms with Crippen LogP contribution in [0.5, 0.6) is 0 Å². The molecule has 7 nitrogen and oxygen atoms in total. The third kappa shape index (κ3) is 4.44. The summed E-state index contributed by atoms with van der Waals surface area (Å²) in [6.45, 7) is -0.459. The van der Waals surface area contributed by atoms with Crippen LogP contribution >= 0.6 is 0 Å². The van der Waals surface area contributed by atoms with Gasteiger partial charge in [-0.2, -0.15) is 0 Å². The van der Waals surface area contributed by atoms with Gasteiger partial charge in [0.05, 0.1) is 10.8 Å². The highest BCUT2D eigenvalue weighted by molar-refractivity contribution is 5.96. The molecule has 0 unspecified atom stereocenters. The monoisotopic (exact) mass is 314 g/mol. The van der Waals surface area contributed by atoms with Gasteiger partial charge in [0.2, 0.25) is 6.54 Å².